The summed E-state index contributed by atoms with van der Waals surface area (Å²) in [6, 6.07) is 3.66. The normalized spacial score (nSPS) is 22.0. The number of pyridine rings is 2. The topological polar surface area (TPSA) is 81.5 Å². The van der Waals surface area contributed by atoms with Gasteiger partial charge in [0.15, 0.2) is 0 Å². The molecule has 0 bridgehead atoms. The van der Waals surface area contributed by atoms with E-state index in [0.717, 1.165) is 44.1 Å². The highest BCUT2D eigenvalue weighted by Gasteiger charge is 2.34. The van der Waals surface area contributed by atoms with Gasteiger partial charge in [-0.3, -0.25) is 9.78 Å². The van der Waals surface area contributed by atoms with Crippen molar-refractivity contribution in [1.82, 2.24) is 9.97 Å². The molecule has 0 saturated heterocycles. The molecular weight excluding hydrogens is 399 g/mol. The molecule has 2 aromatic rings. The van der Waals surface area contributed by atoms with E-state index in [-0.39, 0.29) is 24.1 Å². The standard InChI is InChI=1S/C24H29FN2O4/c1-30-23-9-21(22(25)13-27-23)17-4-2-15(3-5-17)14-31-19-8-18(11-26-12-19)20(10-24(28)29)16-6-7-16/h8-9,11-13,15-17,20H,2-7,10,14H2,1H3,(H,28,29). The van der Waals surface area contributed by atoms with Crippen molar-refractivity contribution in [3.8, 4) is 11.6 Å². The Morgan fingerprint density at radius 3 is 2.61 bits per heavy atom. The Morgan fingerprint density at radius 1 is 1.16 bits per heavy atom. The van der Waals surface area contributed by atoms with Crippen LogP contribution in [0.25, 0.3) is 0 Å². The molecule has 31 heavy (non-hydrogen) atoms. The quantitative estimate of drug-likeness (QED) is 0.609. The van der Waals surface area contributed by atoms with Gasteiger partial charge in [-0.05, 0) is 79.4 Å². The molecule has 1 N–H and O–H groups in total. The second-order valence-electron chi connectivity index (χ2n) is 8.77. The molecule has 0 aliphatic heterocycles. The number of ether oxygens (including phenoxy) is 2. The van der Waals surface area contributed by atoms with Crippen LogP contribution in [-0.4, -0.2) is 34.8 Å². The van der Waals surface area contributed by atoms with E-state index in [1.54, 1.807) is 18.5 Å². The lowest BCUT2D eigenvalue weighted by Crippen LogP contribution is -2.20. The smallest absolute Gasteiger partial charge is 0.303 e. The zero-order chi connectivity index (χ0) is 21.8. The van der Waals surface area contributed by atoms with Crippen LogP contribution in [0.5, 0.6) is 11.6 Å². The number of aliphatic carboxylic acids is 1. The maximum Gasteiger partial charge on any atom is 0.303 e. The molecule has 0 radical (unpaired) electrons. The summed E-state index contributed by atoms with van der Waals surface area (Å²) in [6.07, 6.45) is 10.7. The molecule has 2 heterocycles. The highest BCUT2D eigenvalue weighted by Crippen LogP contribution is 2.45. The number of aromatic nitrogens is 2. The Bertz CT molecular complexity index is 910. The molecule has 166 valence electrons. The number of rotatable bonds is 9. The minimum absolute atomic E-state index is 0.0104. The lowest BCUT2D eigenvalue weighted by Gasteiger charge is -2.29. The first-order valence-electron chi connectivity index (χ1n) is 11.0. The Balaban J connectivity index is 1.31. The lowest BCUT2D eigenvalue weighted by molar-refractivity contribution is -0.137. The summed E-state index contributed by atoms with van der Waals surface area (Å²) in [4.78, 5) is 19.4. The summed E-state index contributed by atoms with van der Waals surface area (Å²) >= 11 is 0. The maximum absolute atomic E-state index is 14.2. The molecule has 7 heteroatoms. The van der Waals surface area contributed by atoms with Gasteiger partial charge < -0.3 is 14.6 Å². The summed E-state index contributed by atoms with van der Waals surface area (Å²) in [6.45, 7) is 0.590. The molecule has 2 aromatic heterocycles. The lowest BCUT2D eigenvalue weighted by atomic mass is 9.79. The number of halogens is 1. The van der Waals surface area contributed by atoms with Gasteiger partial charge in [-0.25, -0.2) is 9.37 Å². The van der Waals surface area contributed by atoms with E-state index in [1.165, 1.54) is 13.3 Å². The molecule has 1 atom stereocenters. The fourth-order valence-electron chi connectivity index (χ4n) is 4.67. The highest BCUT2D eigenvalue weighted by molar-refractivity contribution is 5.68. The van der Waals surface area contributed by atoms with Gasteiger partial charge in [0.05, 0.1) is 32.5 Å². The van der Waals surface area contributed by atoms with E-state index in [2.05, 4.69) is 9.97 Å². The summed E-state index contributed by atoms with van der Waals surface area (Å²) in [5.41, 5.74) is 1.64. The zero-order valence-corrected chi connectivity index (χ0v) is 17.8. The van der Waals surface area contributed by atoms with Crippen LogP contribution in [0, 0.1) is 17.7 Å². The van der Waals surface area contributed by atoms with Crippen LogP contribution in [-0.2, 0) is 4.79 Å². The number of carboxylic acid groups (broad SMARTS) is 1. The van der Waals surface area contributed by atoms with E-state index in [4.69, 9.17) is 9.47 Å². The summed E-state index contributed by atoms with van der Waals surface area (Å²) in [5.74, 6) is 1.13. The van der Waals surface area contributed by atoms with Gasteiger partial charge in [0.25, 0.3) is 0 Å². The molecule has 0 spiro atoms. The number of carboxylic acids is 1. The molecule has 0 aromatic carbocycles. The maximum atomic E-state index is 14.2. The van der Waals surface area contributed by atoms with Gasteiger partial charge >= 0.3 is 5.97 Å². The van der Waals surface area contributed by atoms with E-state index < -0.39 is 5.97 Å². The minimum atomic E-state index is -0.775. The van der Waals surface area contributed by atoms with Gasteiger partial charge in [-0.2, -0.15) is 0 Å². The summed E-state index contributed by atoms with van der Waals surface area (Å²) in [5, 5.41) is 9.23. The van der Waals surface area contributed by atoms with Crippen LogP contribution in [0.1, 0.15) is 67.9 Å². The van der Waals surface area contributed by atoms with Gasteiger partial charge in [0.2, 0.25) is 5.88 Å². The van der Waals surface area contributed by atoms with Crippen LogP contribution in [0.15, 0.2) is 30.7 Å². The predicted molar refractivity (Wildman–Crippen MR) is 113 cm³/mol. The SMILES string of the molecule is COc1cc(C2CCC(COc3cncc(C(CC(=O)O)C4CC4)c3)CC2)c(F)cn1. The summed E-state index contributed by atoms with van der Waals surface area (Å²) < 4.78 is 25.4. The third-order valence-corrected chi connectivity index (χ3v) is 6.59. The Labute approximate surface area is 181 Å². The van der Waals surface area contributed by atoms with Crippen LogP contribution in [0.4, 0.5) is 4.39 Å². The molecule has 6 nitrogen and oxygen atoms in total. The third kappa shape index (κ3) is 5.51. The van der Waals surface area contributed by atoms with Gasteiger partial charge in [0.1, 0.15) is 11.6 Å². The Kier molecular flexibility index (Phi) is 6.68. The number of carbonyl (C=O) groups is 1. The molecule has 2 saturated carbocycles. The Morgan fingerprint density at radius 2 is 1.94 bits per heavy atom. The van der Waals surface area contributed by atoms with Crippen molar-refractivity contribution in [2.24, 2.45) is 11.8 Å². The average Bonchev–Trinajstić information content (AvgIpc) is 3.62. The fraction of sp³-hybridized carbons (Fsp3) is 0.542. The molecular formula is C24H29FN2O4. The van der Waals surface area contributed by atoms with Crippen molar-refractivity contribution in [2.75, 3.05) is 13.7 Å². The summed E-state index contributed by atoms with van der Waals surface area (Å²) in [7, 11) is 1.54. The first-order chi connectivity index (χ1) is 15.0. The number of nitrogens with zero attached hydrogens (tertiary/aromatic N) is 2. The van der Waals surface area contributed by atoms with Gasteiger partial charge in [-0.1, -0.05) is 0 Å². The average molecular weight is 429 g/mol. The third-order valence-electron chi connectivity index (χ3n) is 6.59. The van der Waals surface area contributed by atoms with Crippen molar-refractivity contribution < 1.29 is 23.8 Å². The fourth-order valence-corrected chi connectivity index (χ4v) is 4.67. The molecule has 2 fully saturated rings. The number of hydrogen-bond donors (Lipinski definition) is 1. The molecule has 4 rings (SSSR count). The second kappa shape index (κ2) is 9.62. The van der Waals surface area contributed by atoms with Crippen LogP contribution >= 0.6 is 0 Å². The van der Waals surface area contributed by atoms with Crippen LogP contribution in [0.2, 0.25) is 0 Å². The molecule has 0 amide bonds. The molecule has 2 aliphatic rings. The van der Waals surface area contributed by atoms with Crippen molar-refractivity contribution >= 4 is 5.97 Å². The van der Waals surface area contributed by atoms with Crippen LogP contribution < -0.4 is 9.47 Å². The predicted octanol–water partition coefficient (Wildman–Crippen LogP) is 4.95. The van der Waals surface area contributed by atoms with Crippen LogP contribution in [0.3, 0.4) is 0 Å². The monoisotopic (exact) mass is 428 g/mol. The van der Waals surface area contributed by atoms with Crippen molar-refractivity contribution in [1.29, 1.82) is 0 Å². The first-order valence-corrected chi connectivity index (χ1v) is 11.0. The first kappa shape index (κ1) is 21.5. The van der Waals surface area contributed by atoms with Crippen molar-refractivity contribution in [2.45, 2.75) is 56.8 Å². The van der Waals surface area contributed by atoms with Crippen molar-refractivity contribution in [3.05, 3.63) is 47.7 Å². The van der Waals surface area contributed by atoms with E-state index in [0.29, 0.717) is 35.6 Å². The number of hydrogen-bond acceptors (Lipinski definition) is 5. The highest BCUT2D eigenvalue weighted by atomic mass is 19.1. The van der Waals surface area contributed by atoms with Gasteiger partial charge in [-0.15, -0.1) is 0 Å². The van der Waals surface area contributed by atoms with E-state index in [1.807, 2.05) is 6.07 Å². The second-order valence-corrected chi connectivity index (χ2v) is 8.77. The Hall–Kier alpha value is -2.70. The zero-order valence-electron chi connectivity index (χ0n) is 17.8. The largest absolute Gasteiger partial charge is 0.492 e. The number of methoxy groups -OCH3 is 1. The van der Waals surface area contributed by atoms with Gasteiger partial charge in [0, 0.05) is 12.3 Å². The molecule has 2 aliphatic carbocycles. The minimum Gasteiger partial charge on any atom is -0.492 e. The van der Waals surface area contributed by atoms with Crippen molar-refractivity contribution in [3.63, 3.8) is 0 Å². The molecule has 1 unspecified atom stereocenters. The van der Waals surface area contributed by atoms with E-state index in [9.17, 15) is 14.3 Å². The van der Waals surface area contributed by atoms with E-state index >= 15 is 0 Å².